The molecular formula is C91H146O47. The molecule has 0 spiro atoms. The molecule has 5 aliphatic carbocycles. The SMILES string of the molecule is CC[C@H](C)[C@H](C[C@H](O)CC(=O)O[C@@H]1C(C)O[C@@H](OC(=O)[C@@H]2CC(C)(C)CC3C4=CCC5[C@@]6(C)CC[C@H](O[C@@H]7OC(C(=O)O)[C@H](O)[C@H](O[C@@H]8OC[C@@H](O)[C@H](O)C8O)C7O[C@@H]7OC(CO)[C@H](O)[C@H](O)C7O)[C@@](C)(C=O)C6CC[C@@]5(C)[C@]4(C)C[C@@H](O)C32)[C@H](O[C@@H]2OC(C)[C@H](OC3OOC(O)[C@H](O[C@@H]4OCC(O)(CO)[C@@H]4O)[C@@H]3O)[C@H](O)C2O)C1O)OC(=O)C[C@@H](O)C[C@H](O[C@@H]1O[C@@H](CO)C(O)C1O)[C@@H](C)CC. The predicted octanol–water partition coefficient (Wildman–Crippen LogP) is -5.94. The van der Waals surface area contributed by atoms with Crippen molar-refractivity contribution in [2.75, 3.05) is 33.0 Å². The molecule has 0 aromatic carbocycles. The zero-order chi connectivity index (χ0) is 101. The normalized spacial score (nSPS) is 48.7. The number of hydrogen-bond donors (Lipinski definition) is 23. The van der Waals surface area contributed by atoms with E-state index in [0.717, 1.165) is 11.9 Å². The van der Waals surface area contributed by atoms with E-state index in [2.05, 4.69) is 26.8 Å². The number of esters is 3. The summed E-state index contributed by atoms with van der Waals surface area (Å²) in [5, 5.41) is 255. The highest BCUT2D eigenvalue weighted by Crippen LogP contribution is 2.75. The number of hydrogen-bond acceptors (Lipinski definition) is 46. The van der Waals surface area contributed by atoms with E-state index in [0.29, 0.717) is 44.9 Å². The fraction of sp³-hybridized carbons (Fsp3) is 0.923. The molecule has 12 fully saturated rings. The lowest BCUT2D eigenvalue weighted by Crippen LogP contribution is -2.69. The highest BCUT2D eigenvalue weighted by Gasteiger charge is 2.72. The molecular weight excluding hydrogens is 1840 g/mol. The Hall–Kier alpha value is -4.23. The van der Waals surface area contributed by atoms with Crippen LogP contribution < -0.4 is 0 Å². The van der Waals surface area contributed by atoms with Gasteiger partial charge in [-0.05, 0) is 116 Å². The van der Waals surface area contributed by atoms with Gasteiger partial charge in [0.1, 0.15) is 140 Å². The molecule has 138 heavy (non-hydrogen) atoms. The van der Waals surface area contributed by atoms with Gasteiger partial charge in [0, 0.05) is 18.8 Å². The maximum Gasteiger partial charge on any atom is 0.335 e. The molecule has 8 aliphatic heterocycles. The van der Waals surface area contributed by atoms with Gasteiger partial charge in [-0.15, -0.1) is 0 Å². The Morgan fingerprint density at radius 3 is 1.73 bits per heavy atom. The zero-order valence-corrected chi connectivity index (χ0v) is 79.3. The number of aliphatic hydroxyl groups is 22. The Balaban J connectivity index is 0.728. The van der Waals surface area contributed by atoms with Crippen molar-refractivity contribution in [1.82, 2.24) is 0 Å². The molecule has 8 saturated heterocycles. The maximum absolute atomic E-state index is 15.8. The second-order valence-corrected chi connectivity index (χ2v) is 42.3. The standard InChI is InChI=1S/C91H146O47/c1-13-34(3)45(124-52(100)23-39(97)22-46(35(4)14-2)125-80-61(108)57(104)48(29-93)126-80)21-38(96)24-53(101)129-68-37(6)123-83(72(64(68)111)134-79-63(110)59(106)67(36(5)122-79)130-82-66(113)71(77(118)137-138-82)133-85-74(114)91(119,32-95)33-121-85)136-76(117)41-26-86(7,8)25-40-42-15-16-50-87(9)19-18-51(88(10,31-94)49(87)17-20-89(50,11)90(42,12)27-43(98)54(40)41)128-84-73(135-81-62(109)58(105)56(103)47(28-92)127-81)69(65(112)70(132-84)75(115)116)131-78-60(107)55(102)44(99)30-120-78/h15,31,34-41,43-51,54-74,77-85,92-93,95-99,102-114,118-119H,13-14,16-30,32-33H2,1-12H3,(H,115,116)/t34-,35-,36?,37?,38-,39-,40?,41+,43+,44+,45-,46-,47?,48-,49?,50?,51-,54?,55-,56-,57?,58-,59+,60?,61?,62?,63?,64?,65+,66-,67-,68+,69-,70?,71+,72+,73?,74+,77?,78-,79-,80+,81-,82?,83-,84+,85-,87-,88-,89+,90+,91?/m0/s1. The number of ether oxygens (including phenoxy) is 17. The Morgan fingerprint density at radius 1 is 0.522 bits per heavy atom. The summed E-state index contributed by atoms with van der Waals surface area (Å²) in [7, 11) is 0. The van der Waals surface area contributed by atoms with Crippen LogP contribution in [-0.2, 0) is 114 Å². The smallest absolute Gasteiger partial charge is 0.335 e. The maximum atomic E-state index is 15.8. The second-order valence-electron chi connectivity index (χ2n) is 42.3. The van der Waals surface area contributed by atoms with Crippen LogP contribution in [0.5, 0.6) is 0 Å². The molecule has 18 unspecified atom stereocenters. The Morgan fingerprint density at radius 2 is 1.09 bits per heavy atom. The predicted molar refractivity (Wildman–Crippen MR) is 454 cm³/mol. The first-order valence-electron chi connectivity index (χ1n) is 48.0. The molecule has 23 N–H and O–H groups in total. The average Bonchev–Trinajstić information content (AvgIpc) is 0.868. The van der Waals surface area contributed by atoms with Crippen molar-refractivity contribution in [3.05, 3.63) is 11.6 Å². The average molecular weight is 1990 g/mol. The van der Waals surface area contributed by atoms with Crippen LogP contribution in [-0.4, -0.2) is 432 Å². The molecule has 0 aromatic rings. The molecule has 47 nitrogen and oxygen atoms in total. The van der Waals surface area contributed by atoms with Gasteiger partial charge in [0.05, 0.1) is 99.9 Å². The highest BCUT2D eigenvalue weighted by molar-refractivity contribution is 5.74. The summed E-state index contributed by atoms with van der Waals surface area (Å²) in [4.78, 5) is 81.4. The lowest BCUT2D eigenvalue weighted by atomic mass is 9.34. The van der Waals surface area contributed by atoms with Gasteiger partial charge < -0.3 is 203 Å². The van der Waals surface area contributed by atoms with E-state index in [9.17, 15) is 137 Å². The van der Waals surface area contributed by atoms with E-state index < -0.39 is 378 Å². The fourth-order valence-corrected chi connectivity index (χ4v) is 24.1. The Kier molecular flexibility index (Phi) is 35.7. The van der Waals surface area contributed by atoms with Gasteiger partial charge in [-0.3, -0.25) is 14.4 Å². The van der Waals surface area contributed by atoms with Crippen LogP contribution >= 0.6 is 0 Å². The van der Waals surface area contributed by atoms with Crippen molar-refractivity contribution < 1.29 is 232 Å². The van der Waals surface area contributed by atoms with Crippen molar-refractivity contribution >= 4 is 30.2 Å². The van der Waals surface area contributed by atoms with Crippen molar-refractivity contribution in [2.45, 2.75) is 424 Å². The van der Waals surface area contributed by atoms with Gasteiger partial charge in [-0.1, -0.05) is 93.7 Å². The quantitative estimate of drug-likeness (QED) is 0.00702. The molecule has 0 amide bonds. The van der Waals surface area contributed by atoms with E-state index in [1.54, 1.807) is 27.7 Å². The number of rotatable bonds is 35. The molecule has 47 heteroatoms. The van der Waals surface area contributed by atoms with Gasteiger partial charge in [0.2, 0.25) is 18.9 Å². The van der Waals surface area contributed by atoms with E-state index in [4.69, 9.17) is 90.3 Å². The first-order chi connectivity index (χ1) is 64.8. The number of carbonyl (C=O) groups excluding carboxylic acids is 4. The van der Waals surface area contributed by atoms with Gasteiger partial charge >= 0.3 is 23.9 Å². The molecule has 4 saturated carbocycles. The van der Waals surface area contributed by atoms with Crippen LogP contribution in [0, 0.1) is 68.5 Å². The lowest BCUT2D eigenvalue weighted by Gasteiger charge is -2.71. The Labute approximate surface area is 796 Å². The molecule has 8 heterocycles. The number of carbonyl (C=O) groups is 5. The fourth-order valence-electron chi connectivity index (χ4n) is 24.1. The monoisotopic (exact) mass is 1990 g/mol. The molecule has 13 aliphatic rings. The van der Waals surface area contributed by atoms with Crippen LogP contribution in [0.25, 0.3) is 0 Å². The van der Waals surface area contributed by atoms with Crippen molar-refractivity contribution in [2.24, 2.45) is 68.5 Å². The summed E-state index contributed by atoms with van der Waals surface area (Å²) >= 11 is 0. The summed E-state index contributed by atoms with van der Waals surface area (Å²) < 4.78 is 102. The first-order valence-corrected chi connectivity index (χ1v) is 48.0. The van der Waals surface area contributed by atoms with Crippen LogP contribution in [0.1, 0.15) is 173 Å². The third-order valence-corrected chi connectivity index (χ3v) is 32.7. The minimum atomic E-state index is -2.25. The minimum Gasteiger partial charge on any atom is -0.479 e. The van der Waals surface area contributed by atoms with Gasteiger partial charge in [0.25, 0.3) is 0 Å². The van der Waals surface area contributed by atoms with E-state index in [1.165, 1.54) is 13.8 Å². The summed E-state index contributed by atoms with van der Waals surface area (Å²) in [6.07, 6.45) is -66.9. The van der Waals surface area contributed by atoms with Crippen molar-refractivity contribution in [3.63, 3.8) is 0 Å². The summed E-state index contributed by atoms with van der Waals surface area (Å²) in [5.41, 5.74) is -5.68. The van der Waals surface area contributed by atoms with Crippen LogP contribution in [0.15, 0.2) is 11.6 Å². The van der Waals surface area contributed by atoms with Gasteiger partial charge in [-0.25, -0.2) is 4.79 Å². The number of allylic oxidation sites excluding steroid dienone is 2. The summed E-state index contributed by atoms with van der Waals surface area (Å²) in [6.45, 7) is 18.0. The first kappa shape index (κ1) is 111. The minimum absolute atomic E-state index is 0.0645. The number of aldehydes is 1. The number of aliphatic hydroxyl groups excluding tert-OH is 21. The third kappa shape index (κ3) is 21.9. The van der Waals surface area contributed by atoms with Gasteiger partial charge in [-0.2, -0.15) is 9.78 Å². The lowest BCUT2D eigenvalue weighted by molar-refractivity contribution is -0.504. The van der Waals surface area contributed by atoms with Crippen LogP contribution in [0.4, 0.5) is 0 Å². The summed E-state index contributed by atoms with van der Waals surface area (Å²) in [5.74, 6) is -8.80. The van der Waals surface area contributed by atoms with Crippen molar-refractivity contribution in [3.8, 4) is 0 Å². The number of aliphatic carboxylic acids is 1. The molecule has 13 rings (SSSR count). The van der Waals surface area contributed by atoms with Crippen molar-refractivity contribution in [1.29, 1.82) is 0 Å². The number of carboxylic acids is 1. The van der Waals surface area contributed by atoms with Crippen LogP contribution in [0.2, 0.25) is 0 Å². The molecule has 0 aromatic heterocycles. The van der Waals surface area contributed by atoms with E-state index >= 15 is 4.79 Å². The molecule has 0 bridgehead atoms. The summed E-state index contributed by atoms with van der Waals surface area (Å²) in [6, 6.07) is 0. The zero-order valence-electron chi connectivity index (χ0n) is 79.3. The van der Waals surface area contributed by atoms with E-state index in [1.807, 2.05) is 20.8 Å². The second kappa shape index (κ2) is 44.4. The topological polar surface area (TPSA) is 726 Å². The number of fused-ring (bicyclic) bond motifs is 7. The van der Waals surface area contributed by atoms with Crippen LogP contribution in [0.3, 0.4) is 0 Å². The largest absolute Gasteiger partial charge is 0.479 e. The molecule has 0 radical (unpaired) electrons. The third-order valence-electron chi connectivity index (χ3n) is 32.7. The number of carboxylic acid groups (broad SMARTS) is 1. The molecule has 52 atom stereocenters. The van der Waals surface area contributed by atoms with E-state index in [-0.39, 0.29) is 43.9 Å². The molecule has 792 valence electrons. The highest BCUT2D eigenvalue weighted by atomic mass is 17.2. The Bertz CT molecular complexity index is 4080. The van der Waals surface area contributed by atoms with Gasteiger partial charge in [0.15, 0.2) is 56.1 Å².